The van der Waals surface area contributed by atoms with E-state index in [1.807, 2.05) is 18.2 Å². The number of carbonyl (C=O) groups excluding carboxylic acids is 2. The number of rotatable bonds is 5. The van der Waals surface area contributed by atoms with Crippen LogP contribution in [0.25, 0.3) is 22.2 Å². The van der Waals surface area contributed by atoms with E-state index in [1.165, 1.54) is 4.68 Å². The number of ether oxygens (including phenoxy) is 1. The Morgan fingerprint density at radius 3 is 2.72 bits per heavy atom. The average Bonchev–Trinajstić information content (AvgIpc) is 3.31. The number of anilines is 1. The van der Waals surface area contributed by atoms with Crippen molar-refractivity contribution in [1.29, 1.82) is 0 Å². The van der Waals surface area contributed by atoms with Crippen LogP contribution in [-0.4, -0.2) is 38.5 Å². The summed E-state index contributed by atoms with van der Waals surface area (Å²) < 4.78 is 6.63. The van der Waals surface area contributed by atoms with Gasteiger partial charge in [0.15, 0.2) is 12.3 Å². The van der Waals surface area contributed by atoms with Crippen LogP contribution in [0.3, 0.4) is 0 Å². The van der Waals surface area contributed by atoms with Crippen molar-refractivity contribution in [2.75, 3.05) is 11.9 Å². The highest BCUT2D eigenvalue weighted by Gasteiger charge is 2.17. The van der Waals surface area contributed by atoms with E-state index in [4.69, 9.17) is 16.3 Å². The van der Waals surface area contributed by atoms with Crippen molar-refractivity contribution >= 4 is 40.2 Å². The van der Waals surface area contributed by atoms with Crippen molar-refractivity contribution in [1.82, 2.24) is 20.0 Å². The molecule has 0 unspecified atom stereocenters. The van der Waals surface area contributed by atoms with Gasteiger partial charge in [0.05, 0.1) is 11.2 Å². The summed E-state index contributed by atoms with van der Waals surface area (Å²) in [7, 11) is 1.71. The lowest BCUT2D eigenvalue weighted by Crippen LogP contribution is -2.22. The number of amides is 1. The number of fused-ring (bicyclic) bond motifs is 1. The fourth-order valence-electron chi connectivity index (χ4n) is 2.84. The summed E-state index contributed by atoms with van der Waals surface area (Å²) in [6.45, 7) is -0.443. The van der Waals surface area contributed by atoms with Crippen molar-refractivity contribution in [3.63, 3.8) is 0 Å². The van der Waals surface area contributed by atoms with E-state index in [0.29, 0.717) is 27.4 Å². The van der Waals surface area contributed by atoms with Crippen LogP contribution in [-0.2, 0) is 16.6 Å². The van der Waals surface area contributed by atoms with Crippen molar-refractivity contribution in [2.45, 2.75) is 0 Å². The van der Waals surface area contributed by atoms with Crippen molar-refractivity contribution in [2.24, 2.45) is 7.05 Å². The van der Waals surface area contributed by atoms with Crippen LogP contribution in [0.2, 0.25) is 5.02 Å². The van der Waals surface area contributed by atoms with E-state index < -0.39 is 18.5 Å². The summed E-state index contributed by atoms with van der Waals surface area (Å²) in [6.07, 6.45) is 0. The summed E-state index contributed by atoms with van der Waals surface area (Å²) in [4.78, 5) is 24.5. The van der Waals surface area contributed by atoms with Gasteiger partial charge < -0.3 is 10.1 Å². The molecular formula is C20H16ClN5O3. The predicted molar refractivity (Wildman–Crippen MR) is 109 cm³/mol. The first-order valence-corrected chi connectivity index (χ1v) is 9.09. The van der Waals surface area contributed by atoms with Crippen LogP contribution in [0.4, 0.5) is 5.82 Å². The van der Waals surface area contributed by atoms with Gasteiger partial charge in [-0.15, -0.1) is 0 Å². The van der Waals surface area contributed by atoms with Gasteiger partial charge in [-0.2, -0.15) is 10.2 Å². The Kier molecular flexibility index (Phi) is 5.01. The monoisotopic (exact) mass is 409 g/mol. The molecule has 0 aliphatic carbocycles. The highest BCUT2D eigenvalue weighted by molar-refractivity contribution is 6.30. The van der Waals surface area contributed by atoms with Gasteiger partial charge in [-0.1, -0.05) is 41.9 Å². The molecule has 0 saturated heterocycles. The summed E-state index contributed by atoms with van der Waals surface area (Å²) in [5, 5.41) is 15.0. The normalized spacial score (nSPS) is 10.8. The maximum atomic E-state index is 12.2. The highest BCUT2D eigenvalue weighted by Crippen LogP contribution is 2.23. The van der Waals surface area contributed by atoms with Crippen molar-refractivity contribution in [3.05, 3.63) is 65.3 Å². The van der Waals surface area contributed by atoms with Gasteiger partial charge in [0, 0.05) is 29.1 Å². The molecule has 0 aliphatic rings. The molecule has 29 heavy (non-hydrogen) atoms. The van der Waals surface area contributed by atoms with Crippen molar-refractivity contribution < 1.29 is 14.3 Å². The summed E-state index contributed by atoms with van der Waals surface area (Å²) in [5.74, 6) is -0.686. The first-order chi connectivity index (χ1) is 14.0. The number of H-pyrrole nitrogens is 1. The van der Waals surface area contributed by atoms with Gasteiger partial charge in [-0.3, -0.25) is 14.6 Å². The van der Waals surface area contributed by atoms with Crippen LogP contribution in [0, 0.1) is 0 Å². The third-order valence-corrected chi connectivity index (χ3v) is 4.54. The van der Waals surface area contributed by atoms with Gasteiger partial charge in [-0.05, 0) is 18.2 Å². The van der Waals surface area contributed by atoms with E-state index in [-0.39, 0.29) is 5.69 Å². The number of para-hydroxylation sites is 1. The molecule has 0 radical (unpaired) electrons. The maximum absolute atomic E-state index is 12.2. The number of esters is 1. The number of hydrogen-bond donors (Lipinski definition) is 2. The molecule has 0 aliphatic heterocycles. The summed E-state index contributed by atoms with van der Waals surface area (Å²) in [6, 6.07) is 16.1. The second kappa shape index (κ2) is 7.76. The zero-order valence-electron chi connectivity index (χ0n) is 15.3. The lowest BCUT2D eigenvalue weighted by Gasteiger charge is -2.05. The van der Waals surface area contributed by atoms with Gasteiger partial charge in [0.2, 0.25) is 0 Å². The van der Waals surface area contributed by atoms with Crippen LogP contribution in [0.5, 0.6) is 0 Å². The van der Waals surface area contributed by atoms with Crippen LogP contribution in [0.1, 0.15) is 10.5 Å². The smallest absolute Gasteiger partial charge is 0.359 e. The number of aromatic amines is 1. The second-order valence-electron chi connectivity index (χ2n) is 6.29. The number of benzene rings is 2. The minimum absolute atomic E-state index is 0.138. The zero-order chi connectivity index (χ0) is 20.4. The minimum atomic E-state index is -0.676. The number of halogens is 1. The summed E-state index contributed by atoms with van der Waals surface area (Å²) in [5.41, 5.74) is 2.40. The molecule has 4 rings (SSSR count). The van der Waals surface area contributed by atoms with Gasteiger partial charge >= 0.3 is 5.97 Å². The molecule has 2 aromatic carbocycles. The Morgan fingerprint density at radius 2 is 1.93 bits per heavy atom. The topological polar surface area (TPSA) is 102 Å². The van der Waals surface area contributed by atoms with E-state index in [0.717, 1.165) is 5.56 Å². The molecule has 8 nitrogen and oxygen atoms in total. The van der Waals surface area contributed by atoms with Crippen LogP contribution >= 0.6 is 11.6 Å². The minimum Gasteiger partial charge on any atom is -0.451 e. The lowest BCUT2D eigenvalue weighted by molar-refractivity contribution is -0.119. The van der Waals surface area contributed by atoms with Crippen molar-refractivity contribution in [3.8, 4) is 11.3 Å². The molecule has 0 bridgehead atoms. The molecule has 0 atom stereocenters. The SMILES string of the molecule is Cn1nc(-c2ccc(Cl)cc2)cc1NC(=O)COC(=O)c1n[nH]c2ccccc12. The Labute approximate surface area is 170 Å². The number of nitrogens with one attached hydrogen (secondary N) is 2. The first-order valence-electron chi connectivity index (χ1n) is 8.71. The second-order valence-corrected chi connectivity index (χ2v) is 6.72. The predicted octanol–water partition coefficient (Wildman–Crippen LogP) is 3.41. The van der Waals surface area contributed by atoms with Gasteiger partial charge in [0.1, 0.15) is 5.82 Å². The lowest BCUT2D eigenvalue weighted by atomic mass is 10.1. The third kappa shape index (κ3) is 3.97. The average molecular weight is 410 g/mol. The molecule has 9 heteroatoms. The molecule has 0 spiro atoms. The molecular weight excluding hydrogens is 394 g/mol. The quantitative estimate of drug-likeness (QED) is 0.492. The largest absolute Gasteiger partial charge is 0.451 e. The summed E-state index contributed by atoms with van der Waals surface area (Å²) >= 11 is 5.90. The number of aryl methyl sites for hydroxylation is 1. The Bertz CT molecular complexity index is 1200. The van der Waals surface area contributed by atoms with E-state index in [9.17, 15) is 9.59 Å². The maximum Gasteiger partial charge on any atom is 0.359 e. The van der Waals surface area contributed by atoms with E-state index in [1.54, 1.807) is 43.4 Å². The number of carbonyl (C=O) groups is 2. The molecule has 1 amide bonds. The van der Waals surface area contributed by atoms with Crippen LogP contribution < -0.4 is 5.32 Å². The van der Waals surface area contributed by atoms with Crippen LogP contribution in [0.15, 0.2) is 54.6 Å². The first kappa shape index (κ1) is 18.7. The Hall–Kier alpha value is -3.65. The molecule has 2 heterocycles. The molecule has 4 aromatic rings. The third-order valence-electron chi connectivity index (χ3n) is 4.29. The van der Waals surface area contributed by atoms with E-state index in [2.05, 4.69) is 20.6 Å². The van der Waals surface area contributed by atoms with E-state index >= 15 is 0 Å². The Morgan fingerprint density at radius 1 is 1.17 bits per heavy atom. The zero-order valence-corrected chi connectivity index (χ0v) is 16.1. The number of hydrogen-bond acceptors (Lipinski definition) is 5. The fourth-order valence-corrected chi connectivity index (χ4v) is 2.97. The molecule has 0 fully saturated rings. The van der Waals surface area contributed by atoms with Gasteiger partial charge in [0.25, 0.3) is 5.91 Å². The molecule has 2 aromatic heterocycles. The standard InChI is InChI=1S/C20H16ClN5O3/c1-26-17(10-16(25-26)12-6-8-13(21)9-7-12)22-18(27)11-29-20(28)19-14-4-2-3-5-15(14)23-24-19/h2-10H,11H2,1H3,(H,22,27)(H,23,24). The Balaban J connectivity index is 1.40. The highest BCUT2D eigenvalue weighted by atomic mass is 35.5. The number of nitrogens with zero attached hydrogens (tertiary/aromatic N) is 3. The molecule has 146 valence electrons. The molecule has 2 N–H and O–H groups in total. The van der Waals surface area contributed by atoms with Gasteiger partial charge in [-0.25, -0.2) is 4.79 Å². The number of aromatic nitrogens is 4. The fraction of sp³-hybridized carbons (Fsp3) is 0.100. The molecule has 0 saturated carbocycles.